The molecule has 0 spiro atoms. The third kappa shape index (κ3) is 8.46. The Morgan fingerprint density at radius 1 is 1.41 bits per heavy atom. The van der Waals surface area contributed by atoms with E-state index in [9.17, 15) is 4.79 Å². The molecule has 0 aromatic heterocycles. The SMILES string of the molecule is C=C/C(=C\C=C/C)C(=O)NCCOC(C)(C)C. The first-order valence-electron chi connectivity index (χ1n) is 5.78. The van der Waals surface area contributed by atoms with Gasteiger partial charge in [0.1, 0.15) is 0 Å². The average Bonchev–Trinajstić information content (AvgIpc) is 2.24. The van der Waals surface area contributed by atoms with Crippen LogP contribution in [0.1, 0.15) is 27.7 Å². The highest BCUT2D eigenvalue weighted by molar-refractivity contribution is 5.96. The van der Waals surface area contributed by atoms with Gasteiger partial charge in [-0.3, -0.25) is 4.79 Å². The molecule has 0 aromatic carbocycles. The number of carbonyl (C=O) groups excluding carboxylic acids is 1. The molecule has 0 heterocycles. The molecule has 0 atom stereocenters. The summed E-state index contributed by atoms with van der Waals surface area (Å²) in [4.78, 5) is 11.7. The number of allylic oxidation sites excluding steroid dienone is 3. The van der Waals surface area contributed by atoms with Crippen LogP contribution >= 0.6 is 0 Å². The van der Waals surface area contributed by atoms with E-state index < -0.39 is 0 Å². The van der Waals surface area contributed by atoms with Crippen molar-refractivity contribution >= 4 is 5.91 Å². The molecule has 0 fully saturated rings. The number of nitrogens with one attached hydrogen (secondary N) is 1. The molecular weight excluding hydrogens is 214 g/mol. The van der Waals surface area contributed by atoms with Crippen molar-refractivity contribution in [1.29, 1.82) is 0 Å². The van der Waals surface area contributed by atoms with Gasteiger partial charge >= 0.3 is 0 Å². The summed E-state index contributed by atoms with van der Waals surface area (Å²) in [7, 11) is 0. The molecule has 3 heteroatoms. The number of rotatable bonds is 6. The fraction of sp³-hybridized carbons (Fsp3) is 0.500. The maximum absolute atomic E-state index is 11.7. The summed E-state index contributed by atoms with van der Waals surface area (Å²) in [6.07, 6.45) is 6.94. The molecule has 0 radical (unpaired) electrons. The first-order chi connectivity index (χ1) is 7.90. The second-order valence-corrected chi connectivity index (χ2v) is 4.57. The van der Waals surface area contributed by atoms with Gasteiger partial charge in [0.25, 0.3) is 5.91 Å². The van der Waals surface area contributed by atoms with Gasteiger partial charge in [-0.15, -0.1) is 0 Å². The highest BCUT2D eigenvalue weighted by Crippen LogP contribution is 2.05. The topological polar surface area (TPSA) is 38.3 Å². The number of carbonyl (C=O) groups is 1. The minimum atomic E-state index is -0.174. The zero-order valence-electron chi connectivity index (χ0n) is 11.2. The van der Waals surface area contributed by atoms with E-state index >= 15 is 0 Å². The van der Waals surface area contributed by atoms with E-state index in [-0.39, 0.29) is 11.5 Å². The molecular formula is C14H23NO2. The van der Waals surface area contributed by atoms with Crippen LogP contribution in [-0.2, 0) is 9.53 Å². The van der Waals surface area contributed by atoms with Crippen LogP contribution in [-0.4, -0.2) is 24.7 Å². The predicted octanol–water partition coefficient (Wildman–Crippen LogP) is 2.61. The van der Waals surface area contributed by atoms with E-state index in [1.165, 1.54) is 0 Å². The largest absolute Gasteiger partial charge is 0.374 e. The van der Waals surface area contributed by atoms with Gasteiger partial charge in [-0.1, -0.05) is 24.8 Å². The summed E-state index contributed by atoms with van der Waals surface area (Å²) >= 11 is 0. The van der Waals surface area contributed by atoms with E-state index in [2.05, 4.69) is 11.9 Å². The Morgan fingerprint density at radius 2 is 2.06 bits per heavy atom. The van der Waals surface area contributed by atoms with Crippen LogP contribution in [0.25, 0.3) is 0 Å². The molecule has 0 aliphatic carbocycles. The third-order valence-corrected chi connectivity index (χ3v) is 1.87. The van der Waals surface area contributed by atoms with Gasteiger partial charge < -0.3 is 10.1 Å². The summed E-state index contributed by atoms with van der Waals surface area (Å²) in [6, 6.07) is 0. The lowest BCUT2D eigenvalue weighted by atomic mass is 10.2. The summed E-state index contributed by atoms with van der Waals surface area (Å²) < 4.78 is 5.50. The average molecular weight is 237 g/mol. The maximum atomic E-state index is 11.7. The number of hydrogen-bond donors (Lipinski definition) is 1. The molecule has 17 heavy (non-hydrogen) atoms. The van der Waals surface area contributed by atoms with Crippen LogP contribution in [0, 0.1) is 0 Å². The number of amides is 1. The van der Waals surface area contributed by atoms with Crippen molar-refractivity contribution in [2.45, 2.75) is 33.3 Å². The van der Waals surface area contributed by atoms with E-state index in [1.54, 1.807) is 12.2 Å². The third-order valence-electron chi connectivity index (χ3n) is 1.87. The molecule has 1 N–H and O–H groups in total. The van der Waals surface area contributed by atoms with Gasteiger partial charge in [0.2, 0.25) is 0 Å². The predicted molar refractivity (Wildman–Crippen MR) is 71.8 cm³/mol. The molecule has 0 saturated heterocycles. The van der Waals surface area contributed by atoms with Gasteiger partial charge in [0, 0.05) is 12.1 Å². The maximum Gasteiger partial charge on any atom is 0.251 e. The molecule has 0 rings (SSSR count). The van der Waals surface area contributed by atoms with Crippen LogP contribution in [0.5, 0.6) is 0 Å². The van der Waals surface area contributed by atoms with Crippen LogP contribution in [0.2, 0.25) is 0 Å². The van der Waals surface area contributed by atoms with Crippen LogP contribution in [0.15, 0.2) is 36.5 Å². The lowest BCUT2D eigenvalue weighted by Gasteiger charge is -2.19. The molecule has 0 saturated carbocycles. The zero-order valence-corrected chi connectivity index (χ0v) is 11.2. The second kappa shape index (κ2) is 7.85. The quantitative estimate of drug-likeness (QED) is 0.438. The molecule has 96 valence electrons. The molecule has 0 unspecified atom stereocenters. The minimum Gasteiger partial charge on any atom is -0.374 e. The molecule has 0 bridgehead atoms. The number of hydrogen-bond acceptors (Lipinski definition) is 2. The monoisotopic (exact) mass is 237 g/mol. The fourth-order valence-electron chi connectivity index (χ4n) is 1.06. The highest BCUT2D eigenvalue weighted by Gasteiger charge is 2.10. The Bertz CT molecular complexity index is 309. The molecule has 0 aliphatic heterocycles. The van der Waals surface area contributed by atoms with Gasteiger partial charge in [0.05, 0.1) is 12.2 Å². The van der Waals surface area contributed by atoms with Crippen molar-refractivity contribution in [2.75, 3.05) is 13.2 Å². The van der Waals surface area contributed by atoms with E-state index in [0.29, 0.717) is 18.7 Å². The normalized spacial score (nSPS) is 12.8. The Morgan fingerprint density at radius 3 is 2.53 bits per heavy atom. The fourth-order valence-corrected chi connectivity index (χ4v) is 1.06. The van der Waals surface area contributed by atoms with Crippen molar-refractivity contribution in [2.24, 2.45) is 0 Å². The van der Waals surface area contributed by atoms with Crippen molar-refractivity contribution < 1.29 is 9.53 Å². The molecule has 1 amide bonds. The summed E-state index contributed by atoms with van der Waals surface area (Å²) in [5.41, 5.74) is 0.381. The zero-order chi connectivity index (χ0) is 13.3. The Balaban J connectivity index is 4.05. The van der Waals surface area contributed by atoms with Gasteiger partial charge in [-0.25, -0.2) is 0 Å². The van der Waals surface area contributed by atoms with Crippen LogP contribution < -0.4 is 5.32 Å². The van der Waals surface area contributed by atoms with E-state index in [4.69, 9.17) is 4.74 Å². The highest BCUT2D eigenvalue weighted by atomic mass is 16.5. The van der Waals surface area contributed by atoms with Crippen molar-refractivity contribution in [1.82, 2.24) is 5.32 Å². The number of ether oxygens (including phenoxy) is 1. The minimum absolute atomic E-state index is 0.129. The van der Waals surface area contributed by atoms with Crippen molar-refractivity contribution in [3.63, 3.8) is 0 Å². The Kier molecular flexibility index (Phi) is 7.22. The van der Waals surface area contributed by atoms with Gasteiger partial charge in [-0.05, 0) is 33.8 Å². The first-order valence-corrected chi connectivity index (χ1v) is 5.78. The van der Waals surface area contributed by atoms with Crippen LogP contribution in [0.4, 0.5) is 0 Å². The first kappa shape index (κ1) is 15.7. The van der Waals surface area contributed by atoms with Gasteiger partial charge in [-0.2, -0.15) is 0 Å². The standard InChI is InChI=1S/C14H23NO2/c1-6-8-9-12(7-2)13(16)15-10-11-17-14(3,4)5/h6-9H,2,10-11H2,1,3-5H3,(H,15,16)/b8-6-,12-9+. The lowest BCUT2D eigenvalue weighted by molar-refractivity contribution is -0.117. The second-order valence-electron chi connectivity index (χ2n) is 4.57. The summed E-state index contributed by atoms with van der Waals surface area (Å²) in [5.74, 6) is -0.129. The van der Waals surface area contributed by atoms with E-state index in [1.807, 2.05) is 39.8 Å². The molecule has 0 aliphatic rings. The molecule has 0 aromatic rings. The summed E-state index contributed by atoms with van der Waals surface area (Å²) in [5, 5.41) is 2.78. The van der Waals surface area contributed by atoms with Crippen molar-refractivity contribution in [3.8, 4) is 0 Å². The molecule has 3 nitrogen and oxygen atoms in total. The van der Waals surface area contributed by atoms with E-state index in [0.717, 1.165) is 0 Å². The van der Waals surface area contributed by atoms with Crippen LogP contribution in [0.3, 0.4) is 0 Å². The Hall–Kier alpha value is -1.35. The smallest absolute Gasteiger partial charge is 0.251 e. The summed E-state index contributed by atoms with van der Waals surface area (Å²) in [6.45, 7) is 12.5. The van der Waals surface area contributed by atoms with Gasteiger partial charge in [0.15, 0.2) is 0 Å². The Labute approximate surface area is 104 Å². The lowest BCUT2D eigenvalue weighted by Crippen LogP contribution is -2.31. The van der Waals surface area contributed by atoms with Crippen molar-refractivity contribution in [3.05, 3.63) is 36.5 Å².